The van der Waals surface area contributed by atoms with Crippen LogP contribution in [0.1, 0.15) is 33.6 Å². The van der Waals surface area contributed by atoms with E-state index in [0.717, 1.165) is 6.42 Å². The summed E-state index contributed by atoms with van der Waals surface area (Å²) in [6.07, 6.45) is 0.524. The zero-order chi connectivity index (χ0) is 11.1. The van der Waals surface area contributed by atoms with E-state index in [1.54, 1.807) is 6.92 Å². The molecule has 0 bridgehead atoms. The predicted molar refractivity (Wildman–Crippen MR) is 54.7 cm³/mol. The number of hydrogen-bond acceptors (Lipinski definition) is 4. The second-order valence-electron chi connectivity index (χ2n) is 4.04. The van der Waals surface area contributed by atoms with Crippen LogP contribution >= 0.6 is 0 Å². The first-order valence-corrected chi connectivity index (χ1v) is 5.03. The molecule has 0 aliphatic rings. The molecule has 0 fully saturated rings. The molecule has 0 rings (SSSR count). The van der Waals surface area contributed by atoms with Gasteiger partial charge in [-0.2, -0.15) is 0 Å². The molecular formula is C10H21NO3. The summed E-state index contributed by atoms with van der Waals surface area (Å²) in [6, 6.07) is -0.706. The van der Waals surface area contributed by atoms with Crippen LogP contribution in [0.5, 0.6) is 0 Å². The topological polar surface area (TPSA) is 72.5 Å². The predicted octanol–water partition coefficient (Wildman–Crippen LogP) is 0.674. The van der Waals surface area contributed by atoms with Crippen LogP contribution in [0.25, 0.3) is 0 Å². The molecule has 0 saturated carbocycles. The fourth-order valence-electron chi connectivity index (χ4n) is 0.966. The van der Waals surface area contributed by atoms with E-state index in [2.05, 4.69) is 13.8 Å². The maximum absolute atomic E-state index is 11.2. The number of aliphatic hydroxyl groups is 1. The molecule has 2 atom stereocenters. The maximum atomic E-state index is 11.2. The van der Waals surface area contributed by atoms with E-state index in [4.69, 9.17) is 15.6 Å². The lowest BCUT2D eigenvalue weighted by Gasteiger charge is -2.13. The summed E-state index contributed by atoms with van der Waals surface area (Å²) >= 11 is 0. The van der Waals surface area contributed by atoms with Gasteiger partial charge in [0.05, 0.1) is 12.7 Å². The van der Waals surface area contributed by atoms with Gasteiger partial charge in [0.1, 0.15) is 6.04 Å². The molecular weight excluding hydrogens is 182 g/mol. The van der Waals surface area contributed by atoms with Gasteiger partial charge in [-0.25, -0.2) is 0 Å². The lowest BCUT2D eigenvalue weighted by molar-refractivity contribution is -0.146. The van der Waals surface area contributed by atoms with Crippen molar-refractivity contribution in [3.63, 3.8) is 0 Å². The number of ether oxygens (including phenoxy) is 1. The summed E-state index contributed by atoms with van der Waals surface area (Å²) in [7, 11) is 0. The quantitative estimate of drug-likeness (QED) is 0.622. The summed E-state index contributed by atoms with van der Waals surface area (Å²) in [5.41, 5.74) is 5.50. The van der Waals surface area contributed by atoms with E-state index in [-0.39, 0.29) is 6.42 Å². The first kappa shape index (κ1) is 13.4. The van der Waals surface area contributed by atoms with Crippen LogP contribution in [0.3, 0.4) is 0 Å². The van der Waals surface area contributed by atoms with Crippen LogP contribution in [0.4, 0.5) is 0 Å². The molecule has 4 nitrogen and oxygen atoms in total. The molecule has 0 radical (unpaired) electrons. The average Bonchev–Trinajstić information content (AvgIpc) is 2.01. The number of nitrogens with two attached hydrogens (primary N) is 1. The van der Waals surface area contributed by atoms with Gasteiger partial charge in [-0.3, -0.25) is 4.79 Å². The molecule has 0 spiro atoms. The second kappa shape index (κ2) is 6.79. The first-order chi connectivity index (χ1) is 6.43. The number of carbonyl (C=O) groups excluding carboxylic acids is 1. The van der Waals surface area contributed by atoms with E-state index in [1.165, 1.54) is 0 Å². The molecule has 84 valence electrons. The number of rotatable bonds is 6. The number of esters is 1. The zero-order valence-corrected chi connectivity index (χ0v) is 9.19. The monoisotopic (exact) mass is 203 g/mol. The van der Waals surface area contributed by atoms with E-state index in [1.807, 2.05) is 0 Å². The molecule has 0 aliphatic heterocycles. The van der Waals surface area contributed by atoms with Gasteiger partial charge < -0.3 is 15.6 Å². The van der Waals surface area contributed by atoms with Gasteiger partial charge in [0.2, 0.25) is 0 Å². The average molecular weight is 203 g/mol. The Morgan fingerprint density at radius 2 is 2.00 bits per heavy atom. The van der Waals surface area contributed by atoms with Gasteiger partial charge in [-0.15, -0.1) is 0 Å². The molecule has 2 unspecified atom stereocenters. The van der Waals surface area contributed by atoms with Crippen LogP contribution < -0.4 is 5.73 Å². The van der Waals surface area contributed by atoms with E-state index < -0.39 is 18.1 Å². The Kier molecular flexibility index (Phi) is 6.49. The highest BCUT2D eigenvalue weighted by molar-refractivity contribution is 5.75. The van der Waals surface area contributed by atoms with Crippen molar-refractivity contribution in [2.24, 2.45) is 11.7 Å². The molecule has 0 aromatic rings. The van der Waals surface area contributed by atoms with Crippen LogP contribution in [0.15, 0.2) is 0 Å². The van der Waals surface area contributed by atoms with Crippen LogP contribution in [0, 0.1) is 5.92 Å². The van der Waals surface area contributed by atoms with Gasteiger partial charge >= 0.3 is 5.97 Å². The minimum Gasteiger partial charge on any atom is -0.465 e. The minimum atomic E-state index is -0.706. The summed E-state index contributed by atoms with van der Waals surface area (Å²) in [5, 5.41) is 9.00. The molecule has 4 heteroatoms. The Morgan fingerprint density at radius 1 is 1.43 bits per heavy atom. The second-order valence-corrected chi connectivity index (χ2v) is 4.04. The normalized spacial score (nSPS) is 15.3. The molecule has 0 aromatic carbocycles. The molecule has 0 aromatic heterocycles. The van der Waals surface area contributed by atoms with Crippen molar-refractivity contribution >= 4 is 5.97 Å². The molecule has 0 amide bonds. The van der Waals surface area contributed by atoms with Crippen molar-refractivity contribution in [3.05, 3.63) is 0 Å². The summed E-state index contributed by atoms with van der Waals surface area (Å²) in [6.45, 7) is 6.12. The van der Waals surface area contributed by atoms with Crippen molar-refractivity contribution in [2.75, 3.05) is 6.61 Å². The van der Waals surface area contributed by atoms with Crippen molar-refractivity contribution in [3.8, 4) is 0 Å². The molecule has 14 heavy (non-hydrogen) atoms. The van der Waals surface area contributed by atoms with Gasteiger partial charge in [0.15, 0.2) is 0 Å². The fourth-order valence-corrected chi connectivity index (χ4v) is 0.966. The molecule has 3 N–H and O–H groups in total. The number of aliphatic hydroxyl groups excluding tert-OH is 1. The SMILES string of the molecule is CC(C)CCOC(=O)C(N)CC(C)O. The van der Waals surface area contributed by atoms with Crippen molar-refractivity contribution in [1.82, 2.24) is 0 Å². The number of hydrogen-bond donors (Lipinski definition) is 2. The fraction of sp³-hybridized carbons (Fsp3) is 0.900. The van der Waals surface area contributed by atoms with Gasteiger partial charge in [0.25, 0.3) is 0 Å². The Labute approximate surface area is 85.4 Å². The Morgan fingerprint density at radius 3 is 2.43 bits per heavy atom. The summed E-state index contributed by atoms with van der Waals surface area (Å²) in [5.74, 6) is 0.0855. The third-order valence-electron chi connectivity index (χ3n) is 1.84. The summed E-state index contributed by atoms with van der Waals surface area (Å²) in [4.78, 5) is 11.2. The highest BCUT2D eigenvalue weighted by Gasteiger charge is 2.16. The zero-order valence-electron chi connectivity index (χ0n) is 9.19. The summed E-state index contributed by atoms with van der Waals surface area (Å²) < 4.78 is 4.94. The smallest absolute Gasteiger partial charge is 0.323 e. The van der Waals surface area contributed by atoms with Crippen LogP contribution in [0.2, 0.25) is 0 Å². The van der Waals surface area contributed by atoms with E-state index >= 15 is 0 Å². The van der Waals surface area contributed by atoms with Gasteiger partial charge in [0, 0.05) is 0 Å². The third-order valence-corrected chi connectivity index (χ3v) is 1.84. The Hall–Kier alpha value is -0.610. The van der Waals surface area contributed by atoms with Crippen molar-refractivity contribution < 1.29 is 14.6 Å². The molecule has 0 saturated heterocycles. The Balaban J connectivity index is 3.62. The van der Waals surface area contributed by atoms with Gasteiger partial charge in [-0.05, 0) is 25.7 Å². The maximum Gasteiger partial charge on any atom is 0.323 e. The molecule has 0 aliphatic carbocycles. The van der Waals surface area contributed by atoms with Crippen molar-refractivity contribution in [2.45, 2.75) is 45.8 Å². The highest BCUT2D eigenvalue weighted by atomic mass is 16.5. The lowest BCUT2D eigenvalue weighted by atomic mass is 10.1. The Bertz CT molecular complexity index is 169. The highest BCUT2D eigenvalue weighted by Crippen LogP contribution is 2.02. The lowest BCUT2D eigenvalue weighted by Crippen LogP contribution is -2.35. The number of carbonyl (C=O) groups is 1. The van der Waals surface area contributed by atoms with Gasteiger partial charge in [-0.1, -0.05) is 13.8 Å². The minimum absolute atomic E-state index is 0.251. The van der Waals surface area contributed by atoms with E-state index in [0.29, 0.717) is 12.5 Å². The standard InChI is InChI=1S/C10H21NO3/c1-7(2)4-5-14-10(13)9(11)6-8(3)12/h7-9,12H,4-6,11H2,1-3H3. The van der Waals surface area contributed by atoms with Crippen molar-refractivity contribution in [1.29, 1.82) is 0 Å². The van der Waals surface area contributed by atoms with E-state index in [9.17, 15) is 4.79 Å². The van der Waals surface area contributed by atoms with Crippen LogP contribution in [-0.4, -0.2) is 29.8 Å². The molecule has 0 heterocycles. The van der Waals surface area contributed by atoms with Crippen LogP contribution in [-0.2, 0) is 9.53 Å². The largest absolute Gasteiger partial charge is 0.465 e. The third kappa shape index (κ3) is 6.86. The first-order valence-electron chi connectivity index (χ1n) is 5.03.